The summed E-state index contributed by atoms with van der Waals surface area (Å²) in [6.07, 6.45) is 0. The first kappa shape index (κ1) is 10.2. The first-order valence-corrected chi connectivity index (χ1v) is 2.91. The van der Waals surface area contributed by atoms with Crippen molar-refractivity contribution < 1.29 is 9.50 Å². The van der Waals surface area contributed by atoms with E-state index >= 15 is 0 Å². The first-order valence-electron chi connectivity index (χ1n) is 2.91. The molecule has 0 fully saturated rings. The van der Waals surface area contributed by atoms with E-state index in [-0.39, 0.29) is 28.4 Å². The fourth-order valence-corrected chi connectivity index (χ4v) is 0.760. The van der Waals surface area contributed by atoms with Gasteiger partial charge in [-0.05, 0) is 12.1 Å². The van der Waals surface area contributed by atoms with Gasteiger partial charge >= 0.3 is 0 Å². The van der Waals surface area contributed by atoms with Gasteiger partial charge in [0.2, 0.25) is 0 Å². The number of rotatable bonds is 1. The smallest absolute Gasteiger partial charge is 0.150 e. The molecule has 0 radical (unpaired) electrons. The average molecular weight is 222 g/mol. The van der Waals surface area contributed by atoms with Crippen LogP contribution in [0.15, 0.2) is 18.2 Å². The maximum atomic E-state index is 12.6. The van der Waals surface area contributed by atoms with Crippen LogP contribution in [0.1, 0.15) is 0 Å². The number of anilines is 1. The molecule has 0 saturated heterocycles. The molecule has 11 heavy (non-hydrogen) atoms. The molecule has 0 aromatic heterocycles. The molecule has 62 valence electrons. The summed E-state index contributed by atoms with van der Waals surface area (Å²) in [4.78, 5) is 0. The standard InChI is InChI=1S/C7H8FNO.BrH/c1-9-7-5(8)3-2-4-6(7)10;/h2-4,9-10H,1H3;1H. The van der Waals surface area contributed by atoms with Gasteiger partial charge in [-0.15, -0.1) is 17.0 Å². The Morgan fingerprint density at radius 3 is 2.45 bits per heavy atom. The van der Waals surface area contributed by atoms with Crippen molar-refractivity contribution >= 4 is 22.7 Å². The van der Waals surface area contributed by atoms with E-state index in [0.29, 0.717) is 0 Å². The zero-order valence-corrected chi connectivity index (χ0v) is 7.68. The highest BCUT2D eigenvalue weighted by Crippen LogP contribution is 2.24. The van der Waals surface area contributed by atoms with Crippen molar-refractivity contribution in [3.63, 3.8) is 0 Å². The molecular formula is C7H9BrFNO. The zero-order valence-electron chi connectivity index (χ0n) is 5.97. The van der Waals surface area contributed by atoms with Gasteiger partial charge in [0.15, 0.2) is 0 Å². The molecule has 0 unspecified atom stereocenters. The number of para-hydroxylation sites is 1. The molecule has 0 bridgehead atoms. The quantitative estimate of drug-likeness (QED) is 0.713. The van der Waals surface area contributed by atoms with Gasteiger partial charge in [0.05, 0.1) is 0 Å². The third-order valence-electron chi connectivity index (χ3n) is 1.24. The molecule has 0 amide bonds. The van der Waals surface area contributed by atoms with E-state index in [1.54, 1.807) is 7.05 Å². The Morgan fingerprint density at radius 2 is 2.09 bits per heavy atom. The number of hydrogen-bond acceptors (Lipinski definition) is 2. The maximum absolute atomic E-state index is 12.6. The van der Waals surface area contributed by atoms with Gasteiger partial charge in [-0.2, -0.15) is 0 Å². The van der Waals surface area contributed by atoms with Gasteiger partial charge in [-0.1, -0.05) is 6.07 Å². The lowest BCUT2D eigenvalue weighted by Gasteiger charge is -2.02. The SMILES string of the molecule is Br.CNc1c(O)cccc1F. The summed E-state index contributed by atoms with van der Waals surface area (Å²) in [5.74, 6) is -0.509. The molecule has 1 rings (SSSR count). The van der Waals surface area contributed by atoms with E-state index in [4.69, 9.17) is 5.11 Å². The van der Waals surface area contributed by atoms with E-state index < -0.39 is 5.82 Å². The van der Waals surface area contributed by atoms with Crippen molar-refractivity contribution in [2.45, 2.75) is 0 Å². The van der Waals surface area contributed by atoms with Gasteiger partial charge in [-0.25, -0.2) is 4.39 Å². The predicted molar refractivity (Wildman–Crippen MR) is 47.9 cm³/mol. The van der Waals surface area contributed by atoms with E-state index in [1.807, 2.05) is 0 Å². The van der Waals surface area contributed by atoms with Crippen molar-refractivity contribution in [1.82, 2.24) is 0 Å². The van der Waals surface area contributed by atoms with Gasteiger partial charge in [0.25, 0.3) is 0 Å². The third kappa shape index (κ3) is 2.08. The highest BCUT2D eigenvalue weighted by molar-refractivity contribution is 8.93. The lowest BCUT2D eigenvalue weighted by molar-refractivity contribution is 0.472. The molecule has 1 aromatic carbocycles. The van der Waals surface area contributed by atoms with Crippen LogP contribution >= 0.6 is 17.0 Å². The van der Waals surface area contributed by atoms with Gasteiger partial charge in [0.1, 0.15) is 17.3 Å². The summed E-state index contributed by atoms with van der Waals surface area (Å²) in [6.45, 7) is 0. The molecule has 0 aliphatic carbocycles. The Kier molecular flexibility index (Phi) is 3.89. The number of phenols is 1. The van der Waals surface area contributed by atoms with Crippen molar-refractivity contribution in [3.8, 4) is 5.75 Å². The molecule has 0 spiro atoms. The van der Waals surface area contributed by atoms with Crippen LogP contribution in [0, 0.1) is 5.82 Å². The third-order valence-corrected chi connectivity index (χ3v) is 1.24. The number of halogens is 2. The van der Waals surface area contributed by atoms with E-state index in [0.717, 1.165) is 0 Å². The van der Waals surface area contributed by atoms with E-state index in [2.05, 4.69) is 5.32 Å². The fraction of sp³-hybridized carbons (Fsp3) is 0.143. The topological polar surface area (TPSA) is 32.3 Å². The van der Waals surface area contributed by atoms with Gasteiger partial charge < -0.3 is 10.4 Å². The van der Waals surface area contributed by atoms with Crippen LogP contribution in [0.25, 0.3) is 0 Å². The van der Waals surface area contributed by atoms with Crippen LogP contribution < -0.4 is 5.32 Å². The van der Waals surface area contributed by atoms with Gasteiger partial charge in [-0.3, -0.25) is 0 Å². The molecule has 0 aliphatic heterocycles. The summed E-state index contributed by atoms with van der Waals surface area (Å²) in [6, 6.07) is 4.16. The number of aromatic hydroxyl groups is 1. The molecule has 0 aliphatic rings. The lowest BCUT2D eigenvalue weighted by atomic mass is 10.3. The summed E-state index contributed by atoms with van der Waals surface area (Å²) in [5, 5.41) is 11.5. The van der Waals surface area contributed by atoms with Crippen molar-refractivity contribution in [1.29, 1.82) is 0 Å². The minimum atomic E-state index is -0.442. The second-order valence-corrected chi connectivity index (χ2v) is 1.88. The molecule has 2 nitrogen and oxygen atoms in total. The fourth-order valence-electron chi connectivity index (χ4n) is 0.760. The second-order valence-electron chi connectivity index (χ2n) is 1.88. The van der Waals surface area contributed by atoms with Crippen LogP contribution in [0.5, 0.6) is 5.75 Å². The van der Waals surface area contributed by atoms with Gasteiger partial charge in [0, 0.05) is 7.05 Å². The highest BCUT2D eigenvalue weighted by atomic mass is 79.9. The highest BCUT2D eigenvalue weighted by Gasteiger charge is 2.02. The minimum Gasteiger partial charge on any atom is -0.506 e. The molecule has 0 saturated carbocycles. The normalized spacial score (nSPS) is 8.55. The van der Waals surface area contributed by atoms with Crippen LogP contribution in [0.3, 0.4) is 0 Å². The summed E-state index contributed by atoms with van der Waals surface area (Å²) >= 11 is 0. The Bertz CT molecular complexity index is 222. The first-order chi connectivity index (χ1) is 4.75. The molecular weight excluding hydrogens is 213 g/mol. The molecule has 0 atom stereocenters. The Morgan fingerprint density at radius 1 is 1.45 bits per heavy atom. The minimum absolute atomic E-state index is 0. The van der Waals surface area contributed by atoms with Crippen LogP contribution in [0.4, 0.5) is 10.1 Å². The predicted octanol–water partition coefficient (Wildman–Crippen LogP) is 2.15. The zero-order chi connectivity index (χ0) is 7.56. The lowest BCUT2D eigenvalue weighted by Crippen LogP contribution is -1.91. The molecule has 4 heteroatoms. The molecule has 0 heterocycles. The van der Waals surface area contributed by atoms with Crippen LogP contribution in [-0.2, 0) is 0 Å². The Hall–Kier alpha value is -0.770. The van der Waals surface area contributed by atoms with E-state index in [9.17, 15) is 4.39 Å². The van der Waals surface area contributed by atoms with Crippen molar-refractivity contribution in [3.05, 3.63) is 24.0 Å². The number of benzene rings is 1. The second kappa shape index (κ2) is 4.18. The number of phenolic OH excluding ortho intramolecular Hbond substituents is 1. The monoisotopic (exact) mass is 221 g/mol. The number of hydrogen-bond donors (Lipinski definition) is 2. The molecule has 2 N–H and O–H groups in total. The maximum Gasteiger partial charge on any atom is 0.150 e. The molecule has 1 aromatic rings. The Labute approximate surface area is 74.8 Å². The summed E-state index contributed by atoms with van der Waals surface area (Å²) in [7, 11) is 1.55. The largest absolute Gasteiger partial charge is 0.506 e. The van der Waals surface area contributed by atoms with Crippen LogP contribution in [0.2, 0.25) is 0 Å². The summed E-state index contributed by atoms with van der Waals surface area (Å²) < 4.78 is 12.6. The average Bonchev–Trinajstić information content (AvgIpc) is 1.88. The van der Waals surface area contributed by atoms with E-state index in [1.165, 1.54) is 18.2 Å². The Balaban J connectivity index is 0.000001000. The summed E-state index contributed by atoms with van der Waals surface area (Å²) in [5.41, 5.74) is 0.141. The number of nitrogens with one attached hydrogen (secondary N) is 1. The van der Waals surface area contributed by atoms with Crippen LogP contribution in [-0.4, -0.2) is 12.2 Å². The van der Waals surface area contributed by atoms with Crippen molar-refractivity contribution in [2.24, 2.45) is 0 Å². The van der Waals surface area contributed by atoms with Crippen molar-refractivity contribution in [2.75, 3.05) is 12.4 Å².